The molecule has 0 bridgehead atoms. The smallest absolute Gasteiger partial charge is 0.169 e. The van der Waals surface area contributed by atoms with E-state index in [1.807, 2.05) is 24.5 Å². The van der Waals surface area contributed by atoms with Gasteiger partial charge in [-0.25, -0.2) is 9.97 Å². The molecule has 6 heteroatoms. The molecule has 0 radical (unpaired) electrons. The van der Waals surface area contributed by atoms with E-state index in [4.69, 9.17) is 9.72 Å². The molecular weight excluding hydrogens is 374 g/mol. The second kappa shape index (κ2) is 5.76. The van der Waals surface area contributed by atoms with Gasteiger partial charge in [0.1, 0.15) is 5.75 Å². The summed E-state index contributed by atoms with van der Waals surface area (Å²) >= 11 is 5.23. The number of hydrogen-bond donors (Lipinski definition) is 0. The average molecular weight is 390 g/mol. The van der Waals surface area contributed by atoms with Gasteiger partial charge in [0, 0.05) is 39.8 Å². The van der Waals surface area contributed by atoms with Crippen molar-refractivity contribution in [3.05, 3.63) is 39.9 Å². The summed E-state index contributed by atoms with van der Waals surface area (Å²) in [4.78, 5) is 10.7. The van der Waals surface area contributed by atoms with Crippen molar-refractivity contribution < 1.29 is 4.74 Å². The number of imidazole rings is 1. The second-order valence-corrected chi connectivity index (χ2v) is 7.78. The van der Waals surface area contributed by atoms with E-state index in [9.17, 15) is 0 Å². The van der Waals surface area contributed by atoms with Crippen molar-refractivity contribution >= 4 is 27.3 Å². The molecule has 4 nitrogen and oxygen atoms in total. The van der Waals surface area contributed by atoms with Crippen molar-refractivity contribution in [2.45, 2.75) is 26.3 Å². The predicted octanol–water partition coefficient (Wildman–Crippen LogP) is 4.95. The number of rotatable bonds is 2. The van der Waals surface area contributed by atoms with Gasteiger partial charge in [-0.2, -0.15) is 0 Å². The Labute approximate surface area is 147 Å². The first kappa shape index (κ1) is 14.9. The lowest BCUT2D eigenvalue weighted by Crippen LogP contribution is -2.01. The number of fused-ring (bicyclic) bond motifs is 3. The third kappa shape index (κ3) is 2.60. The Morgan fingerprint density at radius 3 is 3.04 bits per heavy atom. The van der Waals surface area contributed by atoms with Crippen LogP contribution in [0.1, 0.15) is 24.8 Å². The Morgan fingerprint density at radius 2 is 2.22 bits per heavy atom. The van der Waals surface area contributed by atoms with E-state index in [1.165, 1.54) is 4.88 Å². The molecular formula is C17H16BrN3OS. The van der Waals surface area contributed by atoms with Crippen LogP contribution >= 0.6 is 27.3 Å². The molecule has 1 aliphatic heterocycles. The van der Waals surface area contributed by atoms with Crippen LogP contribution in [-0.2, 0) is 6.42 Å². The van der Waals surface area contributed by atoms with Crippen LogP contribution in [-0.4, -0.2) is 21.1 Å². The Bertz CT molecular complexity index is 869. The third-order valence-electron chi connectivity index (χ3n) is 3.90. The van der Waals surface area contributed by atoms with Gasteiger partial charge in [-0.05, 0) is 32.0 Å². The van der Waals surface area contributed by atoms with E-state index >= 15 is 0 Å². The van der Waals surface area contributed by atoms with Crippen LogP contribution in [0.2, 0.25) is 0 Å². The van der Waals surface area contributed by atoms with Gasteiger partial charge in [-0.1, -0.05) is 15.9 Å². The SMILES string of the molecule is CC(C)n1ccnc1-c1nc2c(s1)CCOc1cc(Br)ccc1-2. The summed E-state index contributed by atoms with van der Waals surface area (Å²) in [5.41, 5.74) is 2.09. The van der Waals surface area contributed by atoms with Crippen molar-refractivity contribution in [2.75, 3.05) is 6.61 Å². The van der Waals surface area contributed by atoms with Crippen LogP contribution in [0.5, 0.6) is 5.75 Å². The molecule has 3 heterocycles. The molecule has 0 saturated heterocycles. The van der Waals surface area contributed by atoms with E-state index in [0.717, 1.165) is 38.7 Å². The van der Waals surface area contributed by atoms with Crippen LogP contribution in [0.25, 0.3) is 22.1 Å². The van der Waals surface area contributed by atoms with Gasteiger partial charge < -0.3 is 9.30 Å². The van der Waals surface area contributed by atoms with Gasteiger partial charge in [0.25, 0.3) is 0 Å². The first-order chi connectivity index (χ1) is 11.1. The van der Waals surface area contributed by atoms with Crippen molar-refractivity contribution in [2.24, 2.45) is 0 Å². The van der Waals surface area contributed by atoms with E-state index in [0.29, 0.717) is 12.6 Å². The lowest BCUT2D eigenvalue weighted by atomic mass is 10.1. The molecule has 2 aromatic heterocycles. The number of aromatic nitrogens is 3. The molecule has 118 valence electrons. The quantitative estimate of drug-likeness (QED) is 0.622. The van der Waals surface area contributed by atoms with Gasteiger partial charge >= 0.3 is 0 Å². The molecule has 0 N–H and O–H groups in total. The topological polar surface area (TPSA) is 39.9 Å². The van der Waals surface area contributed by atoms with Gasteiger partial charge in [0.15, 0.2) is 10.8 Å². The maximum atomic E-state index is 5.88. The number of halogens is 1. The zero-order valence-electron chi connectivity index (χ0n) is 12.9. The highest BCUT2D eigenvalue weighted by molar-refractivity contribution is 9.10. The minimum atomic E-state index is 0.364. The molecule has 0 fully saturated rings. The lowest BCUT2D eigenvalue weighted by Gasteiger charge is -2.09. The molecule has 0 spiro atoms. The Kier molecular flexibility index (Phi) is 3.73. The van der Waals surface area contributed by atoms with E-state index in [1.54, 1.807) is 11.3 Å². The Morgan fingerprint density at radius 1 is 1.35 bits per heavy atom. The molecule has 1 aromatic carbocycles. The molecule has 0 amide bonds. The van der Waals surface area contributed by atoms with Gasteiger partial charge in [-0.15, -0.1) is 11.3 Å². The first-order valence-electron chi connectivity index (χ1n) is 7.59. The maximum absolute atomic E-state index is 5.88. The summed E-state index contributed by atoms with van der Waals surface area (Å²) < 4.78 is 9.06. The van der Waals surface area contributed by atoms with E-state index < -0.39 is 0 Å². The third-order valence-corrected chi connectivity index (χ3v) is 5.50. The van der Waals surface area contributed by atoms with Crippen LogP contribution < -0.4 is 4.74 Å². The first-order valence-corrected chi connectivity index (χ1v) is 9.20. The number of nitrogens with zero attached hydrogens (tertiary/aromatic N) is 3. The van der Waals surface area contributed by atoms with E-state index in [2.05, 4.69) is 45.4 Å². The Hall–Kier alpha value is -1.66. The summed E-state index contributed by atoms with van der Waals surface area (Å²) in [6.07, 6.45) is 4.73. The lowest BCUT2D eigenvalue weighted by molar-refractivity contribution is 0.327. The normalized spacial score (nSPS) is 13.4. The predicted molar refractivity (Wildman–Crippen MR) is 96.1 cm³/mol. The molecule has 0 aliphatic carbocycles. The summed E-state index contributed by atoms with van der Waals surface area (Å²) in [5.74, 6) is 1.83. The average Bonchev–Trinajstić information content (AvgIpc) is 3.11. The van der Waals surface area contributed by atoms with Crippen LogP contribution in [0.3, 0.4) is 0 Å². The summed E-state index contributed by atoms with van der Waals surface area (Å²) in [6, 6.07) is 6.48. The Balaban J connectivity index is 1.86. The number of hydrogen-bond acceptors (Lipinski definition) is 4. The van der Waals surface area contributed by atoms with Crippen molar-refractivity contribution in [1.29, 1.82) is 0 Å². The second-order valence-electron chi connectivity index (χ2n) is 5.78. The van der Waals surface area contributed by atoms with Crippen LogP contribution in [0.4, 0.5) is 0 Å². The number of benzene rings is 1. The number of thiazole rings is 1. The fraction of sp³-hybridized carbons (Fsp3) is 0.294. The van der Waals surface area contributed by atoms with Crippen molar-refractivity contribution in [3.8, 4) is 27.8 Å². The molecule has 0 atom stereocenters. The summed E-state index contributed by atoms with van der Waals surface area (Å²) in [5, 5.41) is 0.976. The van der Waals surface area contributed by atoms with E-state index in [-0.39, 0.29) is 0 Å². The highest BCUT2D eigenvalue weighted by Crippen LogP contribution is 2.41. The van der Waals surface area contributed by atoms with Crippen LogP contribution in [0, 0.1) is 0 Å². The van der Waals surface area contributed by atoms with Crippen molar-refractivity contribution in [1.82, 2.24) is 14.5 Å². The van der Waals surface area contributed by atoms with Crippen LogP contribution in [0.15, 0.2) is 35.1 Å². The van der Waals surface area contributed by atoms with Crippen molar-refractivity contribution in [3.63, 3.8) is 0 Å². The fourth-order valence-electron chi connectivity index (χ4n) is 2.79. The highest BCUT2D eigenvalue weighted by Gasteiger charge is 2.22. The monoisotopic (exact) mass is 389 g/mol. The molecule has 23 heavy (non-hydrogen) atoms. The largest absolute Gasteiger partial charge is 0.492 e. The van der Waals surface area contributed by atoms with Gasteiger partial charge in [0.2, 0.25) is 0 Å². The highest BCUT2D eigenvalue weighted by atomic mass is 79.9. The molecule has 0 unspecified atom stereocenters. The minimum Gasteiger partial charge on any atom is -0.492 e. The zero-order chi connectivity index (χ0) is 16.0. The molecule has 0 saturated carbocycles. The summed E-state index contributed by atoms with van der Waals surface area (Å²) in [7, 11) is 0. The maximum Gasteiger partial charge on any atom is 0.169 e. The number of ether oxygens (including phenoxy) is 1. The molecule has 1 aliphatic rings. The van der Waals surface area contributed by atoms with Gasteiger partial charge in [0.05, 0.1) is 12.3 Å². The molecule has 3 aromatic rings. The minimum absolute atomic E-state index is 0.364. The van der Waals surface area contributed by atoms with Gasteiger partial charge in [-0.3, -0.25) is 0 Å². The summed E-state index contributed by atoms with van der Waals surface area (Å²) in [6.45, 7) is 4.99. The standard InChI is InChI=1S/C17H16BrN3OS/c1-10(2)21-7-6-19-16(21)17-20-15-12-4-3-11(18)9-13(12)22-8-5-14(15)23-17/h3-4,6-7,9-10H,5,8H2,1-2H3. The fourth-order valence-corrected chi connectivity index (χ4v) is 4.19. The zero-order valence-corrected chi connectivity index (χ0v) is 15.3. The molecule has 4 rings (SSSR count).